The molecule has 1 rings (SSSR count). The van der Waals surface area contributed by atoms with Gasteiger partial charge in [0.2, 0.25) is 10.0 Å². The zero-order valence-electron chi connectivity index (χ0n) is 8.07. The van der Waals surface area contributed by atoms with E-state index < -0.39 is 10.0 Å². The van der Waals surface area contributed by atoms with Crippen molar-refractivity contribution in [1.29, 1.82) is 0 Å². The zero-order valence-corrected chi connectivity index (χ0v) is 11.3. The number of nitrogens with one attached hydrogen (secondary N) is 1. The van der Waals surface area contributed by atoms with Crippen molar-refractivity contribution in [3.8, 4) is 0 Å². The number of halogens is 1. The van der Waals surface area contributed by atoms with Gasteiger partial charge in [-0.15, -0.1) is 11.3 Å². The highest BCUT2D eigenvalue weighted by atomic mass is 79.9. The maximum atomic E-state index is 11.7. The summed E-state index contributed by atoms with van der Waals surface area (Å²) in [4.78, 5) is 0. The van der Waals surface area contributed by atoms with E-state index in [4.69, 9.17) is 5.73 Å². The summed E-state index contributed by atoms with van der Waals surface area (Å²) in [6, 6.07) is 3.30. The van der Waals surface area contributed by atoms with Crippen LogP contribution in [-0.4, -0.2) is 21.5 Å². The number of unbranched alkanes of at least 4 members (excludes halogenated alkanes) is 1. The molecule has 15 heavy (non-hydrogen) atoms. The van der Waals surface area contributed by atoms with Crippen LogP contribution >= 0.6 is 27.3 Å². The highest BCUT2D eigenvalue weighted by Crippen LogP contribution is 2.25. The van der Waals surface area contributed by atoms with Gasteiger partial charge in [-0.05, 0) is 47.4 Å². The van der Waals surface area contributed by atoms with Crippen LogP contribution in [0.3, 0.4) is 0 Å². The smallest absolute Gasteiger partial charge is 0.250 e. The molecular weight excluding hydrogens is 300 g/mol. The summed E-state index contributed by atoms with van der Waals surface area (Å²) in [5.41, 5.74) is 5.31. The van der Waals surface area contributed by atoms with Gasteiger partial charge in [0.05, 0.1) is 3.79 Å². The normalized spacial score (nSPS) is 11.9. The Bertz CT molecular complexity index is 403. The van der Waals surface area contributed by atoms with Gasteiger partial charge in [0.25, 0.3) is 0 Å². The van der Waals surface area contributed by atoms with Gasteiger partial charge in [-0.2, -0.15) is 0 Å². The number of hydrogen-bond acceptors (Lipinski definition) is 4. The molecule has 0 saturated heterocycles. The fourth-order valence-corrected chi connectivity index (χ4v) is 4.12. The summed E-state index contributed by atoms with van der Waals surface area (Å²) >= 11 is 4.43. The van der Waals surface area contributed by atoms with Crippen LogP contribution in [0.2, 0.25) is 0 Å². The molecule has 1 heterocycles. The van der Waals surface area contributed by atoms with Gasteiger partial charge in [0.1, 0.15) is 4.21 Å². The molecule has 0 amide bonds. The van der Waals surface area contributed by atoms with Crippen LogP contribution in [0, 0.1) is 0 Å². The van der Waals surface area contributed by atoms with E-state index in [1.807, 2.05) is 0 Å². The van der Waals surface area contributed by atoms with Crippen LogP contribution in [0.25, 0.3) is 0 Å². The molecule has 0 atom stereocenters. The molecule has 0 aromatic carbocycles. The largest absolute Gasteiger partial charge is 0.330 e. The van der Waals surface area contributed by atoms with Crippen LogP contribution in [0.4, 0.5) is 0 Å². The van der Waals surface area contributed by atoms with Gasteiger partial charge >= 0.3 is 0 Å². The molecule has 0 fully saturated rings. The van der Waals surface area contributed by atoms with Gasteiger partial charge in [0, 0.05) is 6.54 Å². The van der Waals surface area contributed by atoms with Crippen molar-refractivity contribution in [3.63, 3.8) is 0 Å². The maximum Gasteiger partial charge on any atom is 0.250 e. The maximum absolute atomic E-state index is 11.7. The van der Waals surface area contributed by atoms with E-state index in [9.17, 15) is 8.42 Å². The van der Waals surface area contributed by atoms with Gasteiger partial charge < -0.3 is 5.73 Å². The van der Waals surface area contributed by atoms with Crippen LogP contribution in [-0.2, 0) is 10.0 Å². The van der Waals surface area contributed by atoms with E-state index >= 15 is 0 Å². The van der Waals surface area contributed by atoms with Crippen LogP contribution < -0.4 is 10.5 Å². The van der Waals surface area contributed by atoms with Crippen molar-refractivity contribution in [3.05, 3.63) is 15.9 Å². The number of rotatable bonds is 6. The summed E-state index contributed by atoms with van der Waals surface area (Å²) in [5, 5.41) is 0. The molecule has 0 saturated carbocycles. The second-order valence-corrected chi connectivity index (χ2v) is 7.41. The molecule has 0 bridgehead atoms. The lowest BCUT2D eigenvalue weighted by atomic mass is 10.3. The first-order valence-electron chi connectivity index (χ1n) is 4.51. The Morgan fingerprint density at radius 2 is 2.13 bits per heavy atom. The summed E-state index contributed by atoms with van der Waals surface area (Å²) in [7, 11) is -3.32. The molecule has 0 aliphatic carbocycles. The van der Waals surface area contributed by atoms with Crippen molar-refractivity contribution >= 4 is 37.3 Å². The standard InChI is InChI=1S/C8H13BrN2O2S2/c9-7-3-4-8(14-7)15(12,13)11-6-2-1-5-10/h3-4,11H,1-2,5-6,10H2. The average molecular weight is 313 g/mol. The molecule has 1 aromatic heterocycles. The Labute approximate surface area is 102 Å². The minimum Gasteiger partial charge on any atom is -0.330 e. The van der Waals surface area contributed by atoms with Gasteiger partial charge in [0.15, 0.2) is 0 Å². The Kier molecular flexibility index (Phi) is 5.20. The second kappa shape index (κ2) is 5.95. The molecule has 0 spiro atoms. The highest BCUT2D eigenvalue weighted by Gasteiger charge is 2.15. The summed E-state index contributed by atoms with van der Waals surface area (Å²) in [5.74, 6) is 0. The van der Waals surface area contributed by atoms with E-state index in [2.05, 4.69) is 20.7 Å². The fourth-order valence-electron chi connectivity index (χ4n) is 0.989. The van der Waals surface area contributed by atoms with E-state index in [0.29, 0.717) is 17.3 Å². The summed E-state index contributed by atoms with van der Waals surface area (Å²) in [6.45, 7) is 1.03. The Balaban J connectivity index is 2.53. The molecule has 0 aliphatic rings. The Morgan fingerprint density at radius 3 is 2.67 bits per heavy atom. The minimum absolute atomic E-state index is 0.335. The predicted molar refractivity (Wildman–Crippen MR) is 65.5 cm³/mol. The SMILES string of the molecule is NCCCCNS(=O)(=O)c1ccc(Br)s1. The molecule has 0 radical (unpaired) electrons. The lowest BCUT2D eigenvalue weighted by molar-refractivity contribution is 0.579. The second-order valence-electron chi connectivity index (χ2n) is 2.95. The first-order valence-corrected chi connectivity index (χ1v) is 7.60. The highest BCUT2D eigenvalue weighted by molar-refractivity contribution is 9.11. The quantitative estimate of drug-likeness (QED) is 0.782. The van der Waals surface area contributed by atoms with Crippen LogP contribution in [0.1, 0.15) is 12.8 Å². The fraction of sp³-hybridized carbons (Fsp3) is 0.500. The molecule has 4 nitrogen and oxygen atoms in total. The van der Waals surface area contributed by atoms with Gasteiger partial charge in [-0.3, -0.25) is 0 Å². The third-order valence-electron chi connectivity index (χ3n) is 1.74. The predicted octanol–water partition coefficient (Wildman–Crippen LogP) is 1.53. The summed E-state index contributed by atoms with van der Waals surface area (Å²) in [6.07, 6.45) is 1.60. The molecular formula is C8H13BrN2O2S2. The average Bonchev–Trinajstić information content (AvgIpc) is 2.60. The van der Waals surface area contributed by atoms with Crippen molar-refractivity contribution in [2.45, 2.75) is 17.1 Å². The molecule has 86 valence electrons. The molecule has 7 heteroatoms. The van der Waals surface area contributed by atoms with Crippen molar-refractivity contribution in [1.82, 2.24) is 4.72 Å². The molecule has 0 aliphatic heterocycles. The van der Waals surface area contributed by atoms with Crippen LogP contribution in [0.5, 0.6) is 0 Å². The van der Waals surface area contributed by atoms with E-state index in [0.717, 1.165) is 16.6 Å². The molecule has 1 aromatic rings. The van der Waals surface area contributed by atoms with E-state index in [1.165, 1.54) is 11.3 Å². The summed E-state index contributed by atoms with van der Waals surface area (Å²) < 4.78 is 27.0. The van der Waals surface area contributed by atoms with Crippen LogP contribution in [0.15, 0.2) is 20.1 Å². The number of sulfonamides is 1. The van der Waals surface area contributed by atoms with Crippen molar-refractivity contribution in [2.75, 3.05) is 13.1 Å². The first kappa shape index (κ1) is 13.1. The third kappa shape index (κ3) is 4.20. The first-order chi connectivity index (χ1) is 7.06. The Morgan fingerprint density at radius 1 is 1.40 bits per heavy atom. The topological polar surface area (TPSA) is 72.2 Å². The number of thiophene rings is 1. The lowest BCUT2D eigenvalue weighted by Crippen LogP contribution is -2.24. The van der Waals surface area contributed by atoms with Gasteiger partial charge in [-0.25, -0.2) is 13.1 Å². The Hall–Kier alpha value is 0.0500. The van der Waals surface area contributed by atoms with Crippen molar-refractivity contribution in [2.24, 2.45) is 5.73 Å². The van der Waals surface area contributed by atoms with Crippen molar-refractivity contribution < 1.29 is 8.42 Å². The number of hydrogen-bond donors (Lipinski definition) is 2. The van der Waals surface area contributed by atoms with E-state index in [-0.39, 0.29) is 0 Å². The minimum atomic E-state index is -3.32. The molecule has 3 N–H and O–H groups in total. The monoisotopic (exact) mass is 312 g/mol. The lowest BCUT2D eigenvalue weighted by Gasteiger charge is -2.03. The van der Waals surface area contributed by atoms with E-state index in [1.54, 1.807) is 12.1 Å². The third-order valence-corrected chi connectivity index (χ3v) is 5.31. The number of nitrogens with two attached hydrogens (primary N) is 1. The molecule has 0 unspecified atom stereocenters. The zero-order chi connectivity index (χ0) is 11.3. The van der Waals surface area contributed by atoms with Gasteiger partial charge in [-0.1, -0.05) is 0 Å².